The molecule has 0 unspecified atom stereocenters. The van der Waals surface area contributed by atoms with E-state index >= 15 is 0 Å². The Balaban J connectivity index is 2.38. The van der Waals surface area contributed by atoms with Crippen LogP contribution >= 0.6 is 11.6 Å². The summed E-state index contributed by atoms with van der Waals surface area (Å²) in [6, 6.07) is 3.48. The highest BCUT2D eigenvalue weighted by molar-refractivity contribution is 6.31. The standard InChI is InChI=1S/C13H13ClF3N5/c1-22(2)12-10(18)11(19-6-20-12)21-7-3-4-9(14)8(5-7)13(15,16)17/h3-6H,18H2,1-2H3,(H,19,20,21). The number of hydrogen-bond donors (Lipinski definition) is 2. The van der Waals surface area contributed by atoms with Crippen LogP contribution in [0.1, 0.15) is 5.56 Å². The molecule has 5 nitrogen and oxygen atoms in total. The zero-order valence-electron chi connectivity index (χ0n) is 11.7. The number of halogens is 4. The lowest BCUT2D eigenvalue weighted by molar-refractivity contribution is -0.137. The maximum atomic E-state index is 12.8. The summed E-state index contributed by atoms with van der Waals surface area (Å²) in [5, 5.41) is 2.37. The summed E-state index contributed by atoms with van der Waals surface area (Å²) in [6.45, 7) is 0. The molecule has 0 saturated carbocycles. The molecule has 0 aliphatic carbocycles. The van der Waals surface area contributed by atoms with Crippen molar-refractivity contribution < 1.29 is 13.2 Å². The summed E-state index contributed by atoms with van der Waals surface area (Å²) in [4.78, 5) is 9.61. The molecule has 0 atom stereocenters. The topological polar surface area (TPSA) is 67.1 Å². The minimum Gasteiger partial charge on any atom is -0.393 e. The van der Waals surface area contributed by atoms with Crippen LogP contribution < -0.4 is 16.0 Å². The van der Waals surface area contributed by atoms with Gasteiger partial charge < -0.3 is 16.0 Å². The van der Waals surface area contributed by atoms with Gasteiger partial charge in [0.1, 0.15) is 12.0 Å². The second-order valence-electron chi connectivity index (χ2n) is 4.67. The Hall–Kier alpha value is -2.22. The quantitative estimate of drug-likeness (QED) is 0.900. The molecular weight excluding hydrogens is 319 g/mol. The van der Waals surface area contributed by atoms with E-state index in [-0.39, 0.29) is 22.2 Å². The van der Waals surface area contributed by atoms with Crippen LogP contribution in [0.4, 0.5) is 36.2 Å². The van der Waals surface area contributed by atoms with E-state index in [9.17, 15) is 13.2 Å². The molecule has 1 heterocycles. The molecule has 1 aromatic heterocycles. The first-order chi connectivity index (χ1) is 10.2. The molecule has 1 aromatic carbocycles. The van der Waals surface area contributed by atoms with E-state index in [1.807, 2.05) is 0 Å². The molecule has 2 aromatic rings. The van der Waals surface area contributed by atoms with Crippen LogP contribution in [0.5, 0.6) is 0 Å². The summed E-state index contributed by atoms with van der Waals surface area (Å²) in [5.74, 6) is 0.677. The van der Waals surface area contributed by atoms with E-state index in [1.165, 1.54) is 12.4 Å². The smallest absolute Gasteiger partial charge is 0.393 e. The SMILES string of the molecule is CN(C)c1ncnc(Nc2ccc(Cl)c(C(F)(F)F)c2)c1N. The summed E-state index contributed by atoms with van der Waals surface area (Å²) in [5.41, 5.74) is 5.38. The van der Waals surface area contributed by atoms with Crippen molar-refractivity contribution in [3.8, 4) is 0 Å². The van der Waals surface area contributed by atoms with Crippen molar-refractivity contribution in [3.63, 3.8) is 0 Å². The van der Waals surface area contributed by atoms with Gasteiger partial charge in [-0.1, -0.05) is 11.6 Å². The van der Waals surface area contributed by atoms with E-state index in [0.717, 1.165) is 12.1 Å². The minimum atomic E-state index is -4.54. The molecule has 0 amide bonds. The van der Waals surface area contributed by atoms with E-state index in [4.69, 9.17) is 17.3 Å². The number of anilines is 4. The van der Waals surface area contributed by atoms with Crippen LogP contribution in [0.2, 0.25) is 5.02 Å². The van der Waals surface area contributed by atoms with Gasteiger partial charge in [-0.2, -0.15) is 13.2 Å². The molecule has 0 bridgehead atoms. The number of hydrogen-bond acceptors (Lipinski definition) is 5. The number of benzene rings is 1. The Morgan fingerprint density at radius 2 is 1.91 bits per heavy atom. The molecule has 0 aliphatic heterocycles. The van der Waals surface area contributed by atoms with Gasteiger partial charge in [-0.15, -0.1) is 0 Å². The molecule has 3 N–H and O–H groups in total. The number of rotatable bonds is 3. The Kier molecular flexibility index (Phi) is 4.32. The van der Waals surface area contributed by atoms with Gasteiger partial charge in [0.05, 0.1) is 10.6 Å². The van der Waals surface area contributed by atoms with Gasteiger partial charge in [-0.05, 0) is 18.2 Å². The first kappa shape index (κ1) is 16.2. The predicted octanol–water partition coefficient (Wildman–Crippen LogP) is 3.54. The van der Waals surface area contributed by atoms with Gasteiger partial charge in [0.15, 0.2) is 11.6 Å². The van der Waals surface area contributed by atoms with Crippen LogP contribution in [0.15, 0.2) is 24.5 Å². The first-order valence-electron chi connectivity index (χ1n) is 6.11. The largest absolute Gasteiger partial charge is 0.417 e. The van der Waals surface area contributed by atoms with E-state index in [2.05, 4.69) is 15.3 Å². The number of nitrogens with two attached hydrogens (primary N) is 1. The van der Waals surface area contributed by atoms with E-state index in [1.54, 1.807) is 19.0 Å². The highest BCUT2D eigenvalue weighted by Crippen LogP contribution is 2.37. The van der Waals surface area contributed by atoms with Crippen LogP contribution in [0, 0.1) is 0 Å². The van der Waals surface area contributed by atoms with Crippen molar-refractivity contribution in [1.29, 1.82) is 0 Å². The van der Waals surface area contributed by atoms with Gasteiger partial charge in [0.25, 0.3) is 0 Å². The summed E-state index contributed by atoms with van der Waals surface area (Å²) >= 11 is 5.58. The third-order valence-corrected chi connectivity index (χ3v) is 3.15. The minimum absolute atomic E-state index is 0.173. The third kappa shape index (κ3) is 3.33. The first-order valence-corrected chi connectivity index (χ1v) is 6.49. The highest BCUT2D eigenvalue weighted by atomic mass is 35.5. The highest BCUT2D eigenvalue weighted by Gasteiger charge is 2.33. The maximum Gasteiger partial charge on any atom is 0.417 e. The molecule has 0 spiro atoms. The number of alkyl halides is 3. The van der Waals surface area contributed by atoms with Crippen molar-refractivity contribution in [1.82, 2.24) is 9.97 Å². The van der Waals surface area contributed by atoms with Gasteiger partial charge in [0.2, 0.25) is 0 Å². The zero-order chi connectivity index (χ0) is 16.5. The zero-order valence-corrected chi connectivity index (χ0v) is 12.5. The number of aromatic nitrogens is 2. The summed E-state index contributed by atoms with van der Waals surface area (Å²) in [6.07, 6.45) is -3.27. The molecule has 0 saturated heterocycles. The lowest BCUT2D eigenvalue weighted by atomic mass is 10.2. The molecule has 0 fully saturated rings. The van der Waals surface area contributed by atoms with Gasteiger partial charge in [-0.3, -0.25) is 0 Å². The molecule has 118 valence electrons. The van der Waals surface area contributed by atoms with Crippen LogP contribution in [0.3, 0.4) is 0 Å². The average Bonchev–Trinajstić information content (AvgIpc) is 2.41. The van der Waals surface area contributed by atoms with Crippen molar-refractivity contribution in [3.05, 3.63) is 35.1 Å². The molecule has 0 aliphatic rings. The van der Waals surface area contributed by atoms with Crippen LogP contribution in [-0.4, -0.2) is 24.1 Å². The fourth-order valence-corrected chi connectivity index (χ4v) is 2.02. The normalized spacial score (nSPS) is 11.4. The molecule has 2 rings (SSSR count). The lowest BCUT2D eigenvalue weighted by Crippen LogP contribution is -2.14. The number of nitrogens with one attached hydrogen (secondary N) is 1. The summed E-state index contributed by atoms with van der Waals surface area (Å²) in [7, 11) is 3.49. The summed E-state index contributed by atoms with van der Waals surface area (Å²) < 4.78 is 38.5. The average molecular weight is 332 g/mol. The van der Waals surface area contributed by atoms with Gasteiger partial charge in [0, 0.05) is 19.8 Å². The lowest BCUT2D eigenvalue weighted by Gasteiger charge is -2.17. The van der Waals surface area contributed by atoms with Crippen molar-refractivity contribution >= 4 is 34.6 Å². The third-order valence-electron chi connectivity index (χ3n) is 2.82. The van der Waals surface area contributed by atoms with Crippen LogP contribution in [0.25, 0.3) is 0 Å². The fourth-order valence-electron chi connectivity index (χ4n) is 1.80. The second-order valence-corrected chi connectivity index (χ2v) is 5.08. The van der Waals surface area contributed by atoms with Crippen molar-refractivity contribution in [2.75, 3.05) is 30.0 Å². The van der Waals surface area contributed by atoms with Gasteiger partial charge >= 0.3 is 6.18 Å². The van der Waals surface area contributed by atoms with Crippen LogP contribution in [-0.2, 0) is 6.18 Å². The Labute approximate surface area is 129 Å². The Morgan fingerprint density at radius 1 is 1.23 bits per heavy atom. The van der Waals surface area contributed by atoms with Crippen molar-refractivity contribution in [2.45, 2.75) is 6.18 Å². The maximum absolute atomic E-state index is 12.8. The molecule has 22 heavy (non-hydrogen) atoms. The Bertz CT molecular complexity index is 688. The van der Waals surface area contributed by atoms with Crippen molar-refractivity contribution in [2.24, 2.45) is 0 Å². The predicted molar refractivity (Wildman–Crippen MR) is 80.5 cm³/mol. The number of nitrogens with zero attached hydrogens (tertiary/aromatic N) is 3. The second kappa shape index (κ2) is 5.88. The molecular formula is C13H13ClF3N5. The van der Waals surface area contributed by atoms with Gasteiger partial charge in [-0.25, -0.2) is 9.97 Å². The fraction of sp³-hybridized carbons (Fsp3) is 0.231. The monoisotopic (exact) mass is 331 g/mol. The molecule has 9 heteroatoms. The molecule has 0 radical (unpaired) electrons. The Morgan fingerprint density at radius 3 is 2.50 bits per heavy atom. The van der Waals surface area contributed by atoms with E-state index in [0.29, 0.717) is 5.82 Å². The number of nitrogen functional groups attached to an aromatic ring is 1. The van der Waals surface area contributed by atoms with E-state index < -0.39 is 11.7 Å².